The maximum absolute atomic E-state index is 5.95. The number of benzene rings is 1. The molecule has 0 aliphatic carbocycles. The fourth-order valence-corrected chi connectivity index (χ4v) is 3.26. The van der Waals surface area contributed by atoms with E-state index in [4.69, 9.17) is 21.1 Å². The van der Waals surface area contributed by atoms with Crippen molar-refractivity contribution in [2.24, 2.45) is 0 Å². The van der Waals surface area contributed by atoms with Gasteiger partial charge in [-0.1, -0.05) is 23.7 Å². The highest BCUT2D eigenvalue weighted by Crippen LogP contribution is 2.32. The first kappa shape index (κ1) is 14.3. The van der Waals surface area contributed by atoms with E-state index in [1.165, 1.54) is 5.56 Å². The summed E-state index contributed by atoms with van der Waals surface area (Å²) in [7, 11) is 0. The predicted octanol–water partition coefficient (Wildman–Crippen LogP) is 2.81. The molecule has 2 aliphatic rings. The minimum absolute atomic E-state index is 0.00378. The molecule has 4 heteroatoms. The quantitative estimate of drug-likeness (QED) is 0.926. The maximum Gasteiger partial charge on any atom is 0.0951 e. The van der Waals surface area contributed by atoms with Crippen molar-refractivity contribution < 1.29 is 9.47 Å². The molecule has 0 amide bonds. The lowest BCUT2D eigenvalue weighted by atomic mass is 9.89. The molecule has 2 heterocycles. The van der Waals surface area contributed by atoms with Crippen LogP contribution in [0.2, 0.25) is 5.02 Å². The molecule has 3 rings (SSSR count). The average Bonchev–Trinajstić information content (AvgIpc) is 2.89. The molecule has 1 N–H and O–H groups in total. The van der Waals surface area contributed by atoms with Crippen molar-refractivity contribution in [2.75, 3.05) is 26.4 Å². The summed E-state index contributed by atoms with van der Waals surface area (Å²) in [5.74, 6) is 0. The molecule has 1 aromatic carbocycles. The second-order valence-electron chi connectivity index (χ2n) is 5.85. The summed E-state index contributed by atoms with van der Waals surface area (Å²) < 4.78 is 11.5. The van der Waals surface area contributed by atoms with E-state index < -0.39 is 0 Å². The molecule has 0 saturated carbocycles. The largest absolute Gasteiger partial charge is 0.378 e. The molecule has 0 bridgehead atoms. The maximum atomic E-state index is 5.95. The van der Waals surface area contributed by atoms with Gasteiger partial charge in [-0.3, -0.25) is 0 Å². The minimum Gasteiger partial charge on any atom is -0.378 e. The van der Waals surface area contributed by atoms with Gasteiger partial charge in [0, 0.05) is 30.7 Å². The number of halogens is 1. The van der Waals surface area contributed by atoms with Crippen molar-refractivity contribution in [3.05, 3.63) is 34.9 Å². The Labute approximate surface area is 125 Å². The summed E-state index contributed by atoms with van der Waals surface area (Å²) in [6.07, 6.45) is 4.26. The van der Waals surface area contributed by atoms with E-state index in [0.717, 1.165) is 57.1 Å². The predicted molar refractivity (Wildman–Crippen MR) is 80.3 cm³/mol. The summed E-state index contributed by atoms with van der Waals surface area (Å²) in [5.41, 5.74) is 1.32. The molecule has 0 radical (unpaired) electrons. The first-order valence-electron chi connectivity index (χ1n) is 7.45. The van der Waals surface area contributed by atoms with Gasteiger partial charge in [-0.15, -0.1) is 0 Å². The van der Waals surface area contributed by atoms with Gasteiger partial charge in [0.15, 0.2) is 0 Å². The molecule has 110 valence electrons. The molecule has 2 saturated heterocycles. The van der Waals surface area contributed by atoms with Crippen molar-refractivity contribution in [1.82, 2.24) is 5.32 Å². The fourth-order valence-electron chi connectivity index (χ4n) is 3.14. The molecule has 2 fully saturated rings. The Bertz CT molecular complexity index is 429. The van der Waals surface area contributed by atoms with Crippen molar-refractivity contribution in [2.45, 2.75) is 37.3 Å². The monoisotopic (exact) mass is 295 g/mol. The number of nitrogens with one attached hydrogen (secondary N) is 1. The second-order valence-corrected chi connectivity index (χ2v) is 6.29. The zero-order chi connectivity index (χ0) is 13.8. The van der Waals surface area contributed by atoms with Gasteiger partial charge in [0.25, 0.3) is 0 Å². The zero-order valence-electron chi connectivity index (χ0n) is 11.7. The number of rotatable bonds is 4. The van der Waals surface area contributed by atoms with Crippen molar-refractivity contribution >= 4 is 11.6 Å². The molecule has 3 nitrogen and oxygen atoms in total. The summed E-state index contributed by atoms with van der Waals surface area (Å²) in [4.78, 5) is 0. The lowest BCUT2D eigenvalue weighted by molar-refractivity contribution is -0.0891. The molecule has 2 unspecified atom stereocenters. The number of hydrogen-bond acceptors (Lipinski definition) is 3. The van der Waals surface area contributed by atoms with Crippen LogP contribution in [0.4, 0.5) is 0 Å². The van der Waals surface area contributed by atoms with Gasteiger partial charge in [-0.25, -0.2) is 0 Å². The highest BCUT2D eigenvalue weighted by Gasteiger charge is 2.40. The van der Waals surface area contributed by atoms with E-state index in [1.54, 1.807) is 0 Å². The SMILES string of the molecule is Clc1ccc(CCNC2CCOC3(CCOC3)C2)cc1. The Kier molecular flexibility index (Phi) is 4.61. The first-order chi connectivity index (χ1) is 9.76. The van der Waals surface area contributed by atoms with Crippen LogP contribution in [0.1, 0.15) is 24.8 Å². The van der Waals surface area contributed by atoms with E-state index >= 15 is 0 Å². The molecule has 1 aromatic rings. The third-order valence-corrected chi connectivity index (χ3v) is 4.57. The normalized spacial score (nSPS) is 29.9. The van der Waals surface area contributed by atoms with Gasteiger partial charge in [0.05, 0.1) is 12.2 Å². The molecule has 2 aliphatic heterocycles. The molecule has 1 spiro atoms. The highest BCUT2D eigenvalue weighted by molar-refractivity contribution is 6.30. The Morgan fingerprint density at radius 1 is 1.25 bits per heavy atom. The van der Waals surface area contributed by atoms with Crippen LogP contribution >= 0.6 is 11.6 Å². The van der Waals surface area contributed by atoms with Gasteiger partial charge in [-0.05, 0) is 43.5 Å². The van der Waals surface area contributed by atoms with Crippen LogP contribution in [0, 0.1) is 0 Å². The van der Waals surface area contributed by atoms with Crippen LogP contribution in [0.5, 0.6) is 0 Å². The first-order valence-corrected chi connectivity index (χ1v) is 7.83. The van der Waals surface area contributed by atoms with Gasteiger partial charge >= 0.3 is 0 Å². The summed E-state index contributed by atoms with van der Waals surface area (Å²) in [6, 6.07) is 8.66. The Balaban J connectivity index is 1.45. The standard InChI is InChI=1S/C16H22ClNO2/c17-14-3-1-13(2-4-14)5-8-18-15-6-9-20-16(11-15)7-10-19-12-16/h1-4,15,18H,5-12H2. The second kappa shape index (κ2) is 6.44. The van der Waals surface area contributed by atoms with Crippen LogP contribution in [0.3, 0.4) is 0 Å². The molecule has 20 heavy (non-hydrogen) atoms. The lowest BCUT2D eigenvalue weighted by Gasteiger charge is -2.37. The fraction of sp³-hybridized carbons (Fsp3) is 0.625. The van der Waals surface area contributed by atoms with Crippen molar-refractivity contribution in [1.29, 1.82) is 0 Å². The van der Waals surface area contributed by atoms with E-state index in [1.807, 2.05) is 12.1 Å². The van der Waals surface area contributed by atoms with Gasteiger partial charge in [0.2, 0.25) is 0 Å². The van der Waals surface area contributed by atoms with Gasteiger partial charge in [-0.2, -0.15) is 0 Å². The summed E-state index contributed by atoms with van der Waals surface area (Å²) >= 11 is 5.90. The smallest absolute Gasteiger partial charge is 0.0951 e. The molecular weight excluding hydrogens is 274 g/mol. The van der Waals surface area contributed by atoms with E-state index in [-0.39, 0.29) is 5.60 Å². The minimum atomic E-state index is -0.00378. The third-order valence-electron chi connectivity index (χ3n) is 4.32. The van der Waals surface area contributed by atoms with Gasteiger partial charge < -0.3 is 14.8 Å². The number of ether oxygens (including phenoxy) is 2. The Hall–Kier alpha value is -0.610. The van der Waals surface area contributed by atoms with Gasteiger partial charge in [0.1, 0.15) is 0 Å². The summed E-state index contributed by atoms with van der Waals surface area (Å²) in [6.45, 7) is 3.46. The van der Waals surface area contributed by atoms with Crippen molar-refractivity contribution in [3.8, 4) is 0 Å². The van der Waals surface area contributed by atoms with Crippen LogP contribution in [-0.4, -0.2) is 38.0 Å². The zero-order valence-corrected chi connectivity index (χ0v) is 12.5. The van der Waals surface area contributed by atoms with Crippen LogP contribution in [-0.2, 0) is 15.9 Å². The Morgan fingerprint density at radius 2 is 2.10 bits per heavy atom. The molecular formula is C16H22ClNO2. The lowest BCUT2D eigenvalue weighted by Crippen LogP contribution is -2.47. The summed E-state index contributed by atoms with van der Waals surface area (Å²) in [5, 5.41) is 4.47. The highest BCUT2D eigenvalue weighted by atomic mass is 35.5. The topological polar surface area (TPSA) is 30.5 Å². The number of hydrogen-bond donors (Lipinski definition) is 1. The molecule has 0 aromatic heterocycles. The van der Waals surface area contributed by atoms with Crippen LogP contribution in [0.25, 0.3) is 0 Å². The molecule has 2 atom stereocenters. The van der Waals surface area contributed by atoms with E-state index in [9.17, 15) is 0 Å². The van der Waals surface area contributed by atoms with Crippen LogP contribution in [0.15, 0.2) is 24.3 Å². The van der Waals surface area contributed by atoms with Crippen LogP contribution < -0.4 is 5.32 Å². The Morgan fingerprint density at radius 3 is 2.85 bits per heavy atom. The van der Waals surface area contributed by atoms with E-state index in [0.29, 0.717) is 6.04 Å². The van der Waals surface area contributed by atoms with E-state index in [2.05, 4.69) is 17.4 Å². The third kappa shape index (κ3) is 3.53. The van der Waals surface area contributed by atoms with Crippen molar-refractivity contribution in [3.63, 3.8) is 0 Å². The average molecular weight is 296 g/mol.